The minimum atomic E-state index is -2.80. The van der Waals surface area contributed by atoms with Gasteiger partial charge in [0.15, 0.2) is 5.78 Å². The number of alkyl halides is 2. The maximum atomic E-state index is 13.9. The third-order valence-electron chi connectivity index (χ3n) is 6.70. The molecule has 1 aliphatic carbocycles. The Labute approximate surface area is 240 Å². The molecule has 1 saturated carbocycles. The Bertz CT molecular complexity index is 1490. The molecule has 41 heavy (non-hydrogen) atoms. The van der Waals surface area contributed by atoms with E-state index in [1.54, 1.807) is 45.9 Å². The molecule has 1 aliphatic heterocycles. The predicted octanol–water partition coefficient (Wildman–Crippen LogP) is 5.81. The number of ketones is 1. The maximum Gasteiger partial charge on any atom is 0.408 e. The fraction of sp³-hybridized carbons (Fsp3) is 0.414. The van der Waals surface area contributed by atoms with E-state index >= 15 is 0 Å². The van der Waals surface area contributed by atoms with Crippen molar-refractivity contribution in [3.63, 3.8) is 0 Å². The van der Waals surface area contributed by atoms with Crippen LogP contribution in [0.15, 0.2) is 51.9 Å². The van der Waals surface area contributed by atoms with Gasteiger partial charge in [0, 0.05) is 47.5 Å². The number of halogens is 2. The summed E-state index contributed by atoms with van der Waals surface area (Å²) < 4.78 is 37.4. The zero-order valence-corrected chi connectivity index (χ0v) is 23.9. The first-order valence-corrected chi connectivity index (χ1v) is 14.2. The van der Waals surface area contributed by atoms with Crippen LogP contribution < -0.4 is 10.2 Å². The summed E-state index contributed by atoms with van der Waals surface area (Å²) in [4.78, 5) is 45.8. The van der Waals surface area contributed by atoms with Crippen LogP contribution in [0.4, 0.5) is 19.3 Å². The molecule has 1 N–H and O–H groups in total. The van der Waals surface area contributed by atoms with Crippen molar-refractivity contribution in [1.82, 2.24) is 15.5 Å². The molecule has 0 bridgehead atoms. The van der Waals surface area contributed by atoms with E-state index < -0.39 is 41.3 Å². The van der Waals surface area contributed by atoms with E-state index in [9.17, 15) is 23.2 Å². The number of fused-ring (bicyclic) bond motifs is 1. The molecule has 0 radical (unpaired) electrons. The van der Waals surface area contributed by atoms with Crippen molar-refractivity contribution < 1.29 is 32.4 Å². The number of carbonyl (C=O) groups excluding carboxylic acids is 3. The molecule has 3 aromatic rings. The van der Waals surface area contributed by atoms with Gasteiger partial charge in [0.25, 0.3) is 11.8 Å². The Morgan fingerprint density at radius 1 is 1.20 bits per heavy atom. The lowest BCUT2D eigenvalue weighted by molar-refractivity contribution is -0.120. The second-order valence-corrected chi connectivity index (χ2v) is 12.3. The van der Waals surface area contributed by atoms with Crippen molar-refractivity contribution in [2.45, 2.75) is 69.5 Å². The molecule has 0 spiro atoms. The number of hydrogen-bond donors (Lipinski definition) is 1. The van der Waals surface area contributed by atoms with Gasteiger partial charge in [-0.05, 0) is 38.5 Å². The van der Waals surface area contributed by atoms with Crippen molar-refractivity contribution in [2.75, 3.05) is 10.7 Å². The number of benzene rings is 2. The van der Waals surface area contributed by atoms with E-state index in [0.29, 0.717) is 17.4 Å². The standard InChI is InChI=1S/C29H30F2N4O5S/c1-16-32-25(34-40-16)18-7-5-17(6-8-18)14-35-22-11-19(23(36)12-20-13-29(20,30)31)9-10-24(22)41-15-21(26(35)37)33-27(38)39-28(2,3)4/h5-11,20-21H,12-15H2,1-4H3,(H,33,38)/t20?,21-/m0/s1. The van der Waals surface area contributed by atoms with Crippen LogP contribution in [-0.4, -0.2) is 51.2 Å². The molecular formula is C29H30F2N4O5S. The van der Waals surface area contributed by atoms with Crippen LogP contribution in [0, 0.1) is 12.8 Å². The Kier molecular flexibility index (Phi) is 7.62. The maximum absolute atomic E-state index is 13.9. The van der Waals surface area contributed by atoms with Crippen LogP contribution in [-0.2, 0) is 16.1 Å². The molecule has 1 aromatic heterocycles. The number of nitrogens with zero attached hydrogens (tertiary/aromatic N) is 3. The summed E-state index contributed by atoms with van der Waals surface area (Å²) >= 11 is 1.35. The van der Waals surface area contributed by atoms with Crippen LogP contribution in [0.1, 0.15) is 55.4 Å². The first kappa shape index (κ1) is 28.7. The third kappa shape index (κ3) is 6.75. The van der Waals surface area contributed by atoms with Crippen LogP contribution in [0.5, 0.6) is 0 Å². The van der Waals surface area contributed by atoms with Gasteiger partial charge in [0.1, 0.15) is 11.6 Å². The number of anilines is 1. The van der Waals surface area contributed by atoms with Gasteiger partial charge in [-0.15, -0.1) is 11.8 Å². The molecule has 9 nitrogen and oxygen atoms in total. The Hall–Kier alpha value is -3.80. The van der Waals surface area contributed by atoms with Crippen molar-refractivity contribution in [2.24, 2.45) is 5.92 Å². The number of rotatable bonds is 7. The van der Waals surface area contributed by atoms with Crippen molar-refractivity contribution >= 4 is 35.2 Å². The van der Waals surface area contributed by atoms with E-state index in [0.717, 1.165) is 16.0 Å². The Morgan fingerprint density at radius 2 is 1.90 bits per heavy atom. The van der Waals surface area contributed by atoms with Gasteiger partial charge in [0.05, 0.1) is 12.2 Å². The van der Waals surface area contributed by atoms with Crippen LogP contribution >= 0.6 is 11.8 Å². The van der Waals surface area contributed by atoms with E-state index in [2.05, 4.69) is 15.5 Å². The van der Waals surface area contributed by atoms with Crippen molar-refractivity contribution in [3.05, 3.63) is 59.5 Å². The highest BCUT2D eigenvalue weighted by Gasteiger charge is 2.57. The summed E-state index contributed by atoms with van der Waals surface area (Å²) in [6, 6.07) is 11.3. The van der Waals surface area contributed by atoms with Gasteiger partial charge in [-0.1, -0.05) is 35.5 Å². The average Bonchev–Trinajstić information content (AvgIpc) is 3.30. The molecule has 1 fully saturated rings. The highest BCUT2D eigenvalue weighted by Crippen LogP contribution is 2.51. The lowest BCUT2D eigenvalue weighted by atomic mass is 10.0. The van der Waals surface area contributed by atoms with Gasteiger partial charge in [-0.25, -0.2) is 13.6 Å². The normalized spacial score (nSPS) is 19.8. The summed E-state index contributed by atoms with van der Waals surface area (Å²) in [5.74, 6) is -3.44. The molecule has 1 unspecified atom stereocenters. The summed E-state index contributed by atoms with van der Waals surface area (Å²) in [5, 5.41) is 6.60. The van der Waals surface area contributed by atoms with E-state index in [4.69, 9.17) is 9.26 Å². The number of aromatic nitrogens is 2. The number of Topliss-reactive ketones (excluding diaryl/α,β-unsaturated/α-hetero) is 1. The van der Waals surface area contributed by atoms with E-state index in [1.165, 1.54) is 16.7 Å². The molecule has 0 saturated heterocycles. The van der Waals surface area contributed by atoms with Crippen LogP contribution in [0.25, 0.3) is 11.4 Å². The lowest BCUT2D eigenvalue weighted by Gasteiger charge is -2.27. The number of carbonyl (C=O) groups is 3. The van der Waals surface area contributed by atoms with E-state index in [1.807, 2.05) is 24.3 Å². The van der Waals surface area contributed by atoms with Gasteiger partial charge in [-0.3, -0.25) is 9.59 Å². The molecule has 2 heterocycles. The van der Waals surface area contributed by atoms with Crippen LogP contribution in [0.2, 0.25) is 0 Å². The topological polar surface area (TPSA) is 115 Å². The number of nitrogens with one attached hydrogen (secondary N) is 1. The molecule has 2 amide bonds. The number of alkyl carbamates (subject to hydrolysis) is 1. The van der Waals surface area contributed by atoms with Crippen LogP contribution in [0.3, 0.4) is 0 Å². The summed E-state index contributed by atoms with van der Waals surface area (Å²) in [6.45, 7) is 7.01. The molecular weight excluding hydrogens is 554 g/mol. The van der Waals surface area contributed by atoms with Gasteiger partial charge < -0.3 is 19.5 Å². The smallest absolute Gasteiger partial charge is 0.408 e. The molecule has 12 heteroatoms. The molecule has 5 rings (SSSR count). The van der Waals surface area contributed by atoms with E-state index in [-0.39, 0.29) is 30.7 Å². The highest BCUT2D eigenvalue weighted by atomic mass is 32.2. The fourth-order valence-corrected chi connectivity index (χ4v) is 5.54. The third-order valence-corrected chi connectivity index (χ3v) is 7.86. The molecule has 2 atom stereocenters. The van der Waals surface area contributed by atoms with Gasteiger partial charge >= 0.3 is 6.09 Å². The first-order valence-electron chi connectivity index (χ1n) is 13.2. The first-order chi connectivity index (χ1) is 19.3. The second kappa shape index (κ2) is 10.9. The largest absolute Gasteiger partial charge is 0.444 e. The zero-order valence-electron chi connectivity index (χ0n) is 23.1. The number of hydrogen-bond acceptors (Lipinski definition) is 8. The fourth-order valence-electron chi connectivity index (χ4n) is 4.48. The minimum absolute atomic E-state index is 0.128. The van der Waals surface area contributed by atoms with Gasteiger partial charge in [0.2, 0.25) is 11.7 Å². The lowest BCUT2D eigenvalue weighted by Crippen LogP contribution is -2.50. The Morgan fingerprint density at radius 3 is 2.51 bits per heavy atom. The van der Waals surface area contributed by atoms with Gasteiger partial charge in [-0.2, -0.15) is 4.98 Å². The zero-order chi connectivity index (χ0) is 29.5. The summed E-state index contributed by atoms with van der Waals surface area (Å²) in [5.41, 5.74) is 1.48. The van der Waals surface area contributed by atoms with Crippen molar-refractivity contribution in [1.29, 1.82) is 0 Å². The predicted molar refractivity (Wildman–Crippen MR) is 148 cm³/mol. The SMILES string of the molecule is Cc1nc(-c2ccc(CN3C(=O)[C@@H](NC(=O)OC(C)(C)C)CSc4ccc(C(=O)CC5CC5(F)F)cc43)cc2)no1. The average molecular weight is 585 g/mol. The van der Waals surface area contributed by atoms with Crippen molar-refractivity contribution in [3.8, 4) is 11.4 Å². The number of ether oxygens (including phenoxy) is 1. The highest BCUT2D eigenvalue weighted by molar-refractivity contribution is 7.99. The molecule has 2 aromatic carbocycles. The number of amides is 2. The Balaban J connectivity index is 1.43. The second-order valence-electron chi connectivity index (χ2n) is 11.2. The number of aryl methyl sites for hydroxylation is 1. The summed E-state index contributed by atoms with van der Waals surface area (Å²) in [7, 11) is 0. The molecule has 2 aliphatic rings. The monoisotopic (exact) mass is 584 g/mol. The summed E-state index contributed by atoms with van der Waals surface area (Å²) in [6.07, 6.45) is -1.27. The quantitative estimate of drug-likeness (QED) is 0.347. The molecule has 216 valence electrons. The minimum Gasteiger partial charge on any atom is -0.444 e. The number of thioether (sulfide) groups is 1.